The number of H-pyrrole nitrogens is 1. The Hall–Kier alpha value is -1.93. The molecule has 98 valence electrons. The van der Waals surface area contributed by atoms with Gasteiger partial charge in [-0.2, -0.15) is 9.50 Å². The lowest BCUT2D eigenvalue weighted by atomic mass is 10.4. The van der Waals surface area contributed by atoms with Crippen LogP contribution >= 0.6 is 0 Å². The highest BCUT2D eigenvalue weighted by atomic mass is 16.5. The summed E-state index contributed by atoms with van der Waals surface area (Å²) in [6.45, 7) is 1.43. The Morgan fingerprint density at radius 2 is 2.22 bits per heavy atom. The minimum Gasteiger partial charge on any atom is -0.383 e. The lowest BCUT2D eigenvalue weighted by molar-refractivity contribution is 0.181. The number of hydrogen-bond acceptors (Lipinski definition) is 6. The van der Waals surface area contributed by atoms with Crippen molar-refractivity contribution in [2.75, 3.05) is 32.7 Å². The van der Waals surface area contributed by atoms with Crippen molar-refractivity contribution < 1.29 is 9.47 Å². The fraction of sp³-hybridized carbons (Fsp3) is 0.500. The molecule has 0 fully saturated rings. The molecule has 8 heteroatoms. The lowest BCUT2D eigenvalue weighted by Gasteiger charge is -1.99. The van der Waals surface area contributed by atoms with Gasteiger partial charge in [0.15, 0.2) is 0 Å². The average molecular weight is 253 g/mol. The summed E-state index contributed by atoms with van der Waals surface area (Å²) in [6, 6.07) is 1.41. The van der Waals surface area contributed by atoms with Crippen molar-refractivity contribution in [1.29, 1.82) is 0 Å². The van der Waals surface area contributed by atoms with Crippen LogP contribution in [-0.2, 0) is 16.1 Å². The van der Waals surface area contributed by atoms with Gasteiger partial charge in [0.1, 0.15) is 0 Å². The van der Waals surface area contributed by atoms with Crippen LogP contribution in [0.1, 0.15) is 5.69 Å². The maximum Gasteiger partial charge on any atom is 0.274 e. The van der Waals surface area contributed by atoms with Crippen molar-refractivity contribution in [2.45, 2.75) is 6.61 Å². The molecular formula is C10H15N5O3. The molecule has 2 heterocycles. The van der Waals surface area contributed by atoms with Crippen molar-refractivity contribution in [3.63, 3.8) is 0 Å². The van der Waals surface area contributed by atoms with Gasteiger partial charge in [-0.25, -0.2) is 4.98 Å². The molecule has 8 nitrogen and oxygen atoms in total. The van der Waals surface area contributed by atoms with E-state index in [1.165, 1.54) is 10.6 Å². The molecule has 0 saturated heterocycles. The quantitative estimate of drug-likeness (QED) is 0.682. The summed E-state index contributed by atoms with van der Waals surface area (Å²) in [5.41, 5.74) is 0.330. The number of aromatic nitrogens is 4. The number of fused-ring (bicyclic) bond motifs is 1. The molecule has 0 unspecified atom stereocenters. The van der Waals surface area contributed by atoms with Gasteiger partial charge in [0.05, 0.1) is 18.9 Å². The topological polar surface area (TPSA) is 93.5 Å². The first kappa shape index (κ1) is 12.5. The number of ether oxygens (including phenoxy) is 2. The Morgan fingerprint density at radius 3 is 2.94 bits per heavy atom. The standard InChI is InChI=1S/C10H15N5O3/c1-17-4-3-11-9-13-10-12-7(6-18-2)5-8(16)15(10)14-9/h5H,3-4,6H2,1-2H3,(H2,11,12,13,14). The fourth-order valence-corrected chi connectivity index (χ4v) is 1.50. The van der Waals surface area contributed by atoms with Gasteiger partial charge in [-0.3, -0.25) is 9.89 Å². The highest BCUT2D eigenvalue weighted by Crippen LogP contribution is 2.02. The van der Waals surface area contributed by atoms with Gasteiger partial charge < -0.3 is 14.8 Å². The van der Waals surface area contributed by atoms with Crippen molar-refractivity contribution in [3.05, 3.63) is 22.1 Å². The van der Waals surface area contributed by atoms with E-state index >= 15 is 0 Å². The molecular weight excluding hydrogens is 238 g/mol. The Balaban J connectivity index is 2.26. The average Bonchev–Trinajstić information content (AvgIpc) is 2.73. The van der Waals surface area contributed by atoms with Crippen LogP contribution in [0.2, 0.25) is 0 Å². The maximum atomic E-state index is 11.8. The van der Waals surface area contributed by atoms with E-state index in [-0.39, 0.29) is 12.2 Å². The molecule has 0 aromatic carbocycles. The van der Waals surface area contributed by atoms with Gasteiger partial charge in [0.25, 0.3) is 11.3 Å². The molecule has 0 saturated carbocycles. The predicted octanol–water partition coefficient (Wildman–Crippen LogP) is -0.378. The third-order valence-corrected chi connectivity index (χ3v) is 2.27. The van der Waals surface area contributed by atoms with Crippen LogP contribution in [-0.4, -0.2) is 47.0 Å². The smallest absolute Gasteiger partial charge is 0.274 e. The highest BCUT2D eigenvalue weighted by molar-refractivity contribution is 5.37. The van der Waals surface area contributed by atoms with E-state index in [0.29, 0.717) is 30.6 Å². The zero-order chi connectivity index (χ0) is 13.0. The second-order valence-corrected chi connectivity index (χ2v) is 3.65. The van der Waals surface area contributed by atoms with Crippen LogP contribution in [0.3, 0.4) is 0 Å². The van der Waals surface area contributed by atoms with E-state index in [9.17, 15) is 4.79 Å². The summed E-state index contributed by atoms with van der Waals surface area (Å²) in [5, 5.41) is 5.81. The van der Waals surface area contributed by atoms with Crippen LogP contribution in [0, 0.1) is 0 Å². The van der Waals surface area contributed by atoms with Crippen LogP contribution in [0.15, 0.2) is 10.9 Å². The number of rotatable bonds is 6. The van der Waals surface area contributed by atoms with Crippen LogP contribution in [0.4, 0.5) is 5.95 Å². The van der Waals surface area contributed by atoms with Crippen molar-refractivity contribution >= 4 is 11.7 Å². The zero-order valence-corrected chi connectivity index (χ0v) is 10.3. The number of nitrogens with one attached hydrogen (secondary N) is 2. The van der Waals surface area contributed by atoms with Crippen LogP contribution in [0.25, 0.3) is 5.78 Å². The minimum absolute atomic E-state index is 0.223. The summed E-state index contributed by atoms with van der Waals surface area (Å²) < 4.78 is 11.1. The van der Waals surface area contributed by atoms with E-state index in [0.717, 1.165) is 0 Å². The Labute approximate surface area is 103 Å². The summed E-state index contributed by atoms with van der Waals surface area (Å²) in [4.78, 5) is 20.1. The SMILES string of the molecule is COCCNc1nc2nc(COC)cc(=O)n2[nH]1. The highest BCUT2D eigenvalue weighted by Gasteiger charge is 2.07. The first-order valence-electron chi connectivity index (χ1n) is 5.45. The second kappa shape index (κ2) is 5.61. The van der Waals surface area contributed by atoms with Gasteiger partial charge in [-0.15, -0.1) is 0 Å². The molecule has 2 aromatic rings. The van der Waals surface area contributed by atoms with Gasteiger partial charge in [-0.1, -0.05) is 0 Å². The Bertz CT molecular complexity index is 576. The largest absolute Gasteiger partial charge is 0.383 e. The number of methoxy groups -OCH3 is 2. The second-order valence-electron chi connectivity index (χ2n) is 3.65. The van der Waals surface area contributed by atoms with Gasteiger partial charge in [0, 0.05) is 26.8 Å². The molecule has 2 rings (SSSR count). The molecule has 2 N–H and O–H groups in total. The first-order chi connectivity index (χ1) is 8.74. The predicted molar refractivity (Wildman–Crippen MR) is 64.7 cm³/mol. The molecule has 0 aliphatic carbocycles. The number of hydrogen-bond donors (Lipinski definition) is 2. The summed E-state index contributed by atoms with van der Waals surface area (Å²) in [7, 11) is 3.16. The molecule has 0 bridgehead atoms. The summed E-state index contributed by atoms with van der Waals surface area (Å²) >= 11 is 0. The molecule has 0 radical (unpaired) electrons. The monoisotopic (exact) mass is 253 g/mol. The van der Waals surface area contributed by atoms with Crippen molar-refractivity contribution in [1.82, 2.24) is 19.6 Å². The summed E-state index contributed by atoms with van der Waals surface area (Å²) in [6.07, 6.45) is 0. The van der Waals surface area contributed by atoms with Gasteiger partial charge >= 0.3 is 0 Å². The maximum absolute atomic E-state index is 11.8. The third kappa shape index (κ3) is 2.66. The van der Waals surface area contributed by atoms with E-state index in [4.69, 9.17) is 9.47 Å². The first-order valence-corrected chi connectivity index (χ1v) is 5.45. The normalized spacial score (nSPS) is 11.0. The van der Waals surface area contributed by atoms with Crippen molar-refractivity contribution in [3.8, 4) is 0 Å². The molecule has 0 aliphatic heterocycles. The molecule has 0 amide bonds. The molecule has 18 heavy (non-hydrogen) atoms. The summed E-state index contributed by atoms with van der Waals surface area (Å²) in [5.74, 6) is 0.792. The number of nitrogens with zero attached hydrogens (tertiary/aromatic N) is 3. The zero-order valence-electron chi connectivity index (χ0n) is 10.3. The minimum atomic E-state index is -0.223. The molecule has 0 aliphatic rings. The Kier molecular flexibility index (Phi) is 3.90. The lowest BCUT2D eigenvalue weighted by Crippen LogP contribution is -2.16. The van der Waals surface area contributed by atoms with Crippen molar-refractivity contribution in [2.24, 2.45) is 0 Å². The van der Waals surface area contributed by atoms with Crippen LogP contribution in [0.5, 0.6) is 0 Å². The van der Waals surface area contributed by atoms with E-state index in [2.05, 4.69) is 20.4 Å². The van der Waals surface area contributed by atoms with Crippen LogP contribution < -0.4 is 10.9 Å². The van der Waals surface area contributed by atoms with Gasteiger partial charge in [-0.05, 0) is 0 Å². The molecule has 2 aromatic heterocycles. The van der Waals surface area contributed by atoms with E-state index in [1.54, 1.807) is 14.2 Å². The molecule has 0 atom stereocenters. The van der Waals surface area contributed by atoms with Gasteiger partial charge in [0.2, 0.25) is 5.95 Å². The Morgan fingerprint density at radius 1 is 1.39 bits per heavy atom. The van der Waals surface area contributed by atoms with E-state index in [1.807, 2.05) is 0 Å². The van der Waals surface area contributed by atoms with E-state index < -0.39 is 0 Å². The number of aromatic amines is 1. The third-order valence-electron chi connectivity index (χ3n) is 2.27. The fourth-order valence-electron chi connectivity index (χ4n) is 1.50. The number of anilines is 1. The molecule has 0 spiro atoms.